The first kappa shape index (κ1) is 18.1. The molecule has 1 atom stereocenters. The Balaban J connectivity index is 1.38. The fraction of sp³-hybridized carbons (Fsp3) is 0.316. The number of esters is 1. The molecule has 26 heavy (non-hydrogen) atoms. The van der Waals surface area contributed by atoms with Gasteiger partial charge in [-0.15, -0.1) is 0 Å². The maximum absolute atomic E-state index is 13.5. The Morgan fingerprint density at radius 1 is 1.04 bits per heavy atom. The zero-order valence-electron chi connectivity index (χ0n) is 13.8. The summed E-state index contributed by atoms with van der Waals surface area (Å²) in [7, 11) is 0. The third-order valence-corrected chi connectivity index (χ3v) is 3.87. The van der Waals surface area contributed by atoms with E-state index in [0.717, 1.165) is 0 Å². The van der Waals surface area contributed by atoms with Gasteiger partial charge in [0.1, 0.15) is 24.7 Å². The third-order valence-electron chi connectivity index (χ3n) is 3.87. The number of halogens is 3. The molecule has 1 saturated carbocycles. The molecule has 4 nitrogen and oxygen atoms in total. The van der Waals surface area contributed by atoms with Gasteiger partial charge in [0.25, 0.3) is 5.92 Å². The molecule has 0 heterocycles. The van der Waals surface area contributed by atoms with E-state index in [1.165, 1.54) is 12.1 Å². The van der Waals surface area contributed by atoms with Crippen LogP contribution in [0.1, 0.15) is 12.8 Å². The van der Waals surface area contributed by atoms with Crippen LogP contribution < -0.4 is 9.47 Å². The maximum atomic E-state index is 13.5. The lowest BCUT2D eigenvalue weighted by molar-refractivity contribution is -0.145. The molecule has 3 rings (SSSR count). The Morgan fingerprint density at radius 2 is 1.69 bits per heavy atom. The van der Waals surface area contributed by atoms with Crippen molar-refractivity contribution in [2.24, 2.45) is 5.92 Å². The summed E-state index contributed by atoms with van der Waals surface area (Å²) in [6.07, 6.45) is -0.519. The Morgan fingerprint density at radius 3 is 2.35 bits per heavy atom. The number of rotatable bonds is 8. The molecular formula is C19H17F3O4. The Hall–Kier alpha value is -2.70. The lowest BCUT2D eigenvalue weighted by Gasteiger charge is -2.09. The van der Waals surface area contributed by atoms with Crippen LogP contribution in [-0.2, 0) is 9.53 Å². The molecule has 2 aromatic carbocycles. The van der Waals surface area contributed by atoms with E-state index in [9.17, 15) is 18.0 Å². The number of para-hydroxylation sites is 1. The molecule has 0 N–H and O–H groups in total. The Bertz CT molecular complexity index is 762. The van der Waals surface area contributed by atoms with Crippen LogP contribution >= 0.6 is 0 Å². The van der Waals surface area contributed by atoms with Gasteiger partial charge in [-0.25, -0.2) is 13.2 Å². The average molecular weight is 366 g/mol. The van der Waals surface area contributed by atoms with Gasteiger partial charge in [0.2, 0.25) is 0 Å². The highest BCUT2D eigenvalue weighted by Crippen LogP contribution is 2.50. The molecule has 0 saturated heterocycles. The zero-order chi connectivity index (χ0) is 18.6. The molecule has 0 bridgehead atoms. The second kappa shape index (κ2) is 7.68. The molecule has 1 aliphatic carbocycles. The van der Waals surface area contributed by atoms with Gasteiger partial charge >= 0.3 is 5.97 Å². The minimum absolute atomic E-state index is 0.0232. The van der Waals surface area contributed by atoms with Gasteiger partial charge in [-0.1, -0.05) is 12.1 Å². The predicted octanol–water partition coefficient (Wildman–Crippen LogP) is 4.59. The molecule has 0 amide bonds. The van der Waals surface area contributed by atoms with Gasteiger partial charge in [-0.2, -0.15) is 0 Å². The topological polar surface area (TPSA) is 44.8 Å². The number of alkyl halides is 2. The fourth-order valence-electron chi connectivity index (χ4n) is 2.32. The SMILES string of the molecule is O=C(CC1CC1(F)F)OCCOc1ccc(Oc2ccccc2F)cc1. The van der Waals surface area contributed by atoms with Gasteiger partial charge in [0, 0.05) is 12.3 Å². The third kappa shape index (κ3) is 4.91. The van der Waals surface area contributed by atoms with E-state index in [1.807, 2.05) is 0 Å². The largest absolute Gasteiger partial charge is 0.490 e. The predicted molar refractivity (Wildman–Crippen MR) is 87.0 cm³/mol. The number of carbonyl (C=O) groups is 1. The fourth-order valence-corrected chi connectivity index (χ4v) is 2.32. The Labute approximate surface area is 148 Å². The molecule has 138 valence electrons. The minimum atomic E-state index is -2.72. The summed E-state index contributed by atoms with van der Waals surface area (Å²) in [6.45, 7) is 0.0743. The first-order valence-electron chi connectivity index (χ1n) is 8.13. The van der Waals surface area contributed by atoms with Crippen LogP contribution in [0.4, 0.5) is 13.2 Å². The molecule has 0 radical (unpaired) electrons. The lowest BCUT2D eigenvalue weighted by atomic mass is 10.3. The van der Waals surface area contributed by atoms with E-state index in [1.54, 1.807) is 36.4 Å². The highest BCUT2D eigenvalue weighted by molar-refractivity contribution is 5.70. The first-order valence-corrected chi connectivity index (χ1v) is 8.13. The summed E-state index contributed by atoms with van der Waals surface area (Å²) in [5.41, 5.74) is 0. The second-order valence-corrected chi connectivity index (χ2v) is 5.94. The van der Waals surface area contributed by atoms with Crippen molar-refractivity contribution in [1.82, 2.24) is 0 Å². The van der Waals surface area contributed by atoms with Crippen LogP contribution in [0.15, 0.2) is 48.5 Å². The minimum Gasteiger partial charge on any atom is -0.490 e. The summed E-state index contributed by atoms with van der Waals surface area (Å²) in [5, 5.41) is 0. The summed E-state index contributed by atoms with van der Waals surface area (Å²) >= 11 is 0. The monoisotopic (exact) mass is 366 g/mol. The smallest absolute Gasteiger partial charge is 0.306 e. The van der Waals surface area contributed by atoms with E-state index in [2.05, 4.69) is 0 Å². The van der Waals surface area contributed by atoms with Gasteiger partial charge < -0.3 is 14.2 Å². The highest BCUT2D eigenvalue weighted by atomic mass is 19.3. The summed E-state index contributed by atoms with van der Waals surface area (Å²) in [6, 6.07) is 12.5. The van der Waals surface area contributed by atoms with Crippen LogP contribution in [0.25, 0.3) is 0 Å². The molecule has 1 unspecified atom stereocenters. The van der Waals surface area contributed by atoms with Crippen LogP contribution in [0.5, 0.6) is 17.2 Å². The van der Waals surface area contributed by atoms with Crippen LogP contribution in [-0.4, -0.2) is 25.1 Å². The molecular weight excluding hydrogens is 349 g/mol. The van der Waals surface area contributed by atoms with Crippen LogP contribution in [0, 0.1) is 11.7 Å². The second-order valence-electron chi connectivity index (χ2n) is 5.94. The molecule has 0 aromatic heterocycles. The quantitative estimate of drug-likeness (QED) is 0.507. The van der Waals surface area contributed by atoms with E-state index >= 15 is 0 Å². The van der Waals surface area contributed by atoms with E-state index < -0.39 is 23.6 Å². The molecule has 0 aliphatic heterocycles. The van der Waals surface area contributed by atoms with Gasteiger partial charge in [-0.3, -0.25) is 4.79 Å². The Kier molecular flexibility index (Phi) is 5.35. The molecule has 1 aliphatic rings. The summed E-state index contributed by atoms with van der Waals surface area (Å²) in [4.78, 5) is 11.4. The maximum Gasteiger partial charge on any atom is 0.306 e. The van der Waals surface area contributed by atoms with Crippen molar-refractivity contribution in [2.75, 3.05) is 13.2 Å². The molecule has 1 fully saturated rings. The van der Waals surface area contributed by atoms with E-state index in [4.69, 9.17) is 14.2 Å². The van der Waals surface area contributed by atoms with Crippen LogP contribution in [0.3, 0.4) is 0 Å². The normalized spacial score (nSPS) is 17.4. The van der Waals surface area contributed by atoms with E-state index in [-0.39, 0.29) is 31.8 Å². The van der Waals surface area contributed by atoms with Crippen molar-refractivity contribution >= 4 is 5.97 Å². The molecule has 2 aromatic rings. The lowest BCUT2D eigenvalue weighted by Crippen LogP contribution is -2.13. The van der Waals surface area contributed by atoms with Gasteiger partial charge in [0.15, 0.2) is 11.6 Å². The number of benzene rings is 2. The molecule has 7 heteroatoms. The van der Waals surface area contributed by atoms with Crippen molar-refractivity contribution in [3.63, 3.8) is 0 Å². The average Bonchev–Trinajstić information content (AvgIpc) is 3.21. The van der Waals surface area contributed by atoms with Gasteiger partial charge in [0.05, 0.1) is 6.42 Å². The number of hydrogen-bond donors (Lipinski definition) is 0. The number of carbonyl (C=O) groups excluding carboxylic acids is 1. The standard InChI is InChI=1S/C19H17F3O4/c20-16-3-1-2-4-17(16)26-15-7-5-14(6-8-15)24-9-10-25-18(23)11-13-12-19(13,21)22/h1-8,13H,9-12H2. The van der Waals surface area contributed by atoms with Crippen molar-refractivity contribution in [3.8, 4) is 17.2 Å². The molecule has 0 spiro atoms. The summed E-state index contributed by atoms with van der Waals surface area (Å²) < 4.78 is 54.6. The van der Waals surface area contributed by atoms with Crippen molar-refractivity contribution < 1.29 is 32.2 Å². The summed E-state index contributed by atoms with van der Waals surface area (Å²) in [5.74, 6) is -3.65. The zero-order valence-corrected chi connectivity index (χ0v) is 13.8. The number of hydrogen-bond acceptors (Lipinski definition) is 4. The van der Waals surface area contributed by atoms with Crippen LogP contribution in [0.2, 0.25) is 0 Å². The van der Waals surface area contributed by atoms with Gasteiger partial charge in [-0.05, 0) is 36.4 Å². The highest BCUT2D eigenvalue weighted by Gasteiger charge is 2.57. The van der Waals surface area contributed by atoms with Crippen molar-refractivity contribution in [3.05, 3.63) is 54.3 Å². The number of ether oxygens (including phenoxy) is 3. The first-order chi connectivity index (χ1) is 12.4. The van der Waals surface area contributed by atoms with E-state index in [0.29, 0.717) is 11.5 Å². The van der Waals surface area contributed by atoms with Crippen molar-refractivity contribution in [2.45, 2.75) is 18.8 Å². The van der Waals surface area contributed by atoms with Crippen molar-refractivity contribution in [1.29, 1.82) is 0 Å².